The molecule has 3 rings (SSSR count). The average molecular weight is 297 g/mol. The molecule has 0 aromatic heterocycles. The number of aliphatic carboxylic acids is 1. The van der Waals surface area contributed by atoms with Crippen molar-refractivity contribution in [1.29, 1.82) is 0 Å². The van der Waals surface area contributed by atoms with Gasteiger partial charge in [0.1, 0.15) is 13.2 Å². The normalized spacial score (nSPS) is 18.7. The van der Waals surface area contributed by atoms with Crippen molar-refractivity contribution in [2.24, 2.45) is 5.92 Å². The Bertz CT molecular complexity index is 551. The van der Waals surface area contributed by atoms with E-state index in [0.717, 1.165) is 24.0 Å². The van der Waals surface area contributed by atoms with E-state index in [1.165, 1.54) is 0 Å². The molecule has 0 spiro atoms. The van der Waals surface area contributed by atoms with E-state index in [1.54, 1.807) is 0 Å². The number of hydrogen-bond donors (Lipinski definition) is 1. The van der Waals surface area contributed by atoms with Crippen LogP contribution < -0.4 is 9.47 Å². The van der Waals surface area contributed by atoms with Crippen LogP contribution in [0.3, 0.4) is 0 Å². The van der Waals surface area contributed by atoms with Crippen LogP contribution in [0.2, 0.25) is 5.02 Å². The topological polar surface area (TPSA) is 55.8 Å². The Labute approximate surface area is 122 Å². The number of ether oxygens (including phenoxy) is 2. The van der Waals surface area contributed by atoms with Gasteiger partial charge in [0.2, 0.25) is 0 Å². The molecule has 4 nitrogen and oxygen atoms in total. The molecular formula is C15H17ClO4. The van der Waals surface area contributed by atoms with Crippen molar-refractivity contribution in [1.82, 2.24) is 0 Å². The van der Waals surface area contributed by atoms with Gasteiger partial charge in [-0.25, -0.2) is 0 Å². The fourth-order valence-electron chi connectivity index (χ4n) is 2.84. The fraction of sp³-hybridized carbons (Fsp3) is 0.533. The number of halogens is 1. The predicted octanol–water partition coefficient (Wildman–Crippen LogP) is 3.39. The Morgan fingerprint density at radius 1 is 1.45 bits per heavy atom. The van der Waals surface area contributed by atoms with Crippen LogP contribution in [-0.4, -0.2) is 24.3 Å². The van der Waals surface area contributed by atoms with Crippen LogP contribution in [0, 0.1) is 12.8 Å². The zero-order chi connectivity index (χ0) is 14.3. The molecule has 0 saturated heterocycles. The first-order valence-corrected chi connectivity index (χ1v) is 7.26. The lowest BCUT2D eigenvalue weighted by Crippen LogP contribution is -2.18. The SMILES string of the molecule is Cc1c(Cl)c(C(CC(=O)O)C2CC2)cc2c1OCCO2. The highest BCUT2D eigenvalue weighted by Gasteiger charge is 2.36. The summed E-state index contributed by atoms with van der Waals surface area (Å²) >= 11 is 6.45. The van der Waals surface area contributed by atoms with Gasteiger partial charge in [0.25, 0.3) is 0 Å². The maximum atomic E-state index is 11.1. The lowest BCUT2D eigenvalue weighted by molar-refractivity contribution is -0.137. The van der Waals surface area contributed by atoms with Gasteiger partial charge in [-0.1, -0.05) is 11.6 Å². The molecule has 1 aliphatic heterocycles. The van der Waals surface area contributed by atoms with Crippen LogP contribution in [0.1, 0.15) is 36.3 Å². The van der Waals surface area contributed by atoms with Gasteiger partial charge in [0.05, 0.1) is 11.4 Å². The number of carbonyl (C=O) groups is 1. The van der Waals surface area contributed by atoms with Crippen molar-refractivity contribution in [3.8, 4) is 11.5 Å². The summed E-state index contributed by atoms with van der Waals surface area (Å²) in [6, 6.07) is 1.87. The number of carboxylic acid groups (broad SMARTS) is 1. The second-order valence-corrected chi connectivity index (χ2v) is 5.85. The highest BCUT2D eigenvalue weighted by Crippen LogP contribution is 2.50. The molecule has 1 N–H and O–H groups in total. The zero-order valence-electron chi connectivity index (χ0n) is 11.3. The van der Waals surface area contributed by atoms with Gasteiger partial charge < -0.3 is 14.6 Å². The minimum Gasteiger partial charge on any atom is -0.486 e. The Morgan fingerprint density at radius 3 is 2.80 bits per heavy atom. The molecule has 1 aromatic carbocycles. The zero-order valence-corrected chi connectivity index (χ0v) is 12.1. The molecule has 1 unspecified atom stereocenters. The number of rotatable bonds is 4. The molecule has 108 valence electrons. The molecule has 0 radical (unpaired) electrons. The second-order valence-electron chi connectivity index (χ2n) is 5.47. The van der Waals surface area contributed by atoms with Crippen molar-refractivity contribution < 1.29 is 19.4 Å². The third-order valence-electron chi connectivity index (χ3n) is 4.01. The molecule has 1 heterocycles. The molecule has 1 aromatic rings. The van der Waals surface area contributed by atoms with Crippen LogP contribution in [0.4, 0.5) is 0 Å². The molecule has 1 fully saturated rings. The highest BCUT2D eigenvalue weighted by atomic mass is 35.5. The van der Waals surface area contributed by atoms with Crippen LogP contribution in [0.15, 0.2) is 6.07 Å². The smallest absolute Gasteiger partial charge is 0.303 e. The maximum absolute atomic E-state index is 11.1. The first-order chi connectivity index (χ1) is 9.58. The summed E-state index contributed by atoms with van der Waals surface area (Å²) < 4.78 is 11.2. The summed E-state index contributed by atoms with van der Waals surface area (Å²) in [4.78, 5) is 11.1. The molecule has 1 atom stereocenters. The minimum absolute atomic E-state index is 0.0328. The van der Waals surface area contributed by atoms with Crippen LogP contribution >= 0.6 is 11.6 Å². The van der Waals surface area contributed by atoms with Gasteiger partial charge in [0, 0.05) is 5.56 Å². The monoisotopic (exact) mass is 296 g/mol. The van der Waals surface area contributed by atoms with E-state index in [1.807, 2.05) is 13.0 Å². The number of hydrogen-bond acceptors (Lipinski definition) is 3. The summed E-state index contributed by atoms with van der Waals surface area (Å²) in [7, 11) is 0. The Balaban J connectivity index is 2.03. The first kappa shape index (κ1) is 13.6. The van der Waals surface area contributed by atoms with Crippen LogP contribution in [-0.2, 0) is 4.79 Å². The standard InChI is InChI=1S/C15H17ClO4/c1-8-14(16)11(6-12-15(8)20-5-4-19-12)10(7-13(17)18)9-2-3-9/h6,9-10H,2-5,7H2,1H3,(H,17,18). The van der Waals surface area contributed by atoms with Gasteiger partial charge in [-0.15, -0.1) is 0 Å². The number of benzene rings is 1. The molecule has 20 heavy (non-hydrogen) atoms. The van der Waals surface area contributed by atoms with E-state index in [-0.39, 0.29) is 12.3 Å². The Hall–Kier alpha value is -1.42. The number of carboxylic acids is 1. The maximum Gasteiger partial charge on any atom is 0.303 e. The van der Waals surface area contributed by atoms with Gasteiger partial charge >= 0.3 is 5.97 Å². The van der Waals surface area contributed by atoms with Crippen LogP contribution in [0.5, 0.6) is 11.5 Å². The molecule has 0 amide bonds. The van der Waals surface area contributed by atoms with Crippen LogP contribution in [0.25, 0.3) is 0 Å². The first-order valence-electron chi connectivity index (χ1n) is 6.88. The summed E-state index contributed by atoms with van der Waals surface area (Å²) in [5.41, 5.74) is 1.73. The molecule has 0 bridgehead atoms. The van der Waals surface area contributed by atoms with E-state index in [0.29, 0.717) is 35.7 Å². The van der Waals surface area contributed by atoms with E-state index >= 15 is 0 Å². The molecule has 1 aliphatic carbocycles. The minimum atomic E-state index is -0.787. The molecule has 2 aliphatic rings. The van der Waals surface area contributed by atoms with Crippen molar-refractivity contribution in [2.45, 2.75) is 32.1 Å². The van der Waals surface area contributed by atoms with E-state index in [9.17, 15) is 4.79 Å². The largest absolute Gasteiger partial charge is 0.486 e. The van der Waals surface area contributed by atoms with Gasteiger partial charge in [-0.2, -0.15) is 0 Å². The summed E-state index contributed by atoms with van der Waals surface area (Å²) in [6.07, 6.45) is 2.26. The molecule has 1 saturated carbocycles. The lowest BCUT2D eigenvalue weighted by atomic mass is 9.89. The Kier molecular flexibility index (Phi) is 3.50. The summed E-state index contributed by atoms with van der Waals surface area (Å²) in [6.45, 7) is 2.93. The third kappa shape index (κ3) is 2.44. The van der Waals surface area contributed by atoms with E-state index < -0.39 is 5.97 Å². The van der Waals surface area contributed by atoms with Gasteiger partial charge in [-0.3, -0.25) is 4.79 Å². The van der Waals surface area contributed by atoms with Crippen molar-refractivity contribution in [2.75, 3.05) is 13.2 Å². The van der Waals surface area contributed by atoms with Crippen molar-refractivity contribution in [3.63, 3.8) is 0 Å². The molecule has 5 heteroatoms. The van der Waals surface area contributed by atoms with E-state index in [4.69, 9.17) is 26.2 Å². The van der Waals surface area contributed by atoms with Crippen molar-refractivity contribution >= 4 is 17.6 Å². The fourth-order valence-corrected chi connectivity index (χ4v) is 3.12. The van der Waals surface area contributed by atoms with Crippen molar-refractivity contribution in [3.05, 3.63) is 22.2 Å². The molecular weight excluding hydrogens is 280 g/mol. The quantitative estimate of drug-likeness (QED) is 0.925. The average Bonchev–Trinajstić information content (AvgIpc) is 3.25. The Morgan fingerprint density at radius 2 is 2.15 bits per heavy atom. The predicted molar refractivity (Wildman–Crippen MR) is 74.9 cm³/mol. The lowest BCUT2D eigenvalue weighted by Gasteiger charge is -2.25. The summed E-state index contributed by atoms with van der Waals surface area (Å²) in [5, 5.41) is 9.74. The third-order valence-corrected chi connectivity index (χ3v) is 4.51. The van der Waals surface area contributed by atoms with Gasteiger partial charge in [0.15, 0.2) is 11.5 Å². The summed E-state index contributed by atoms with van der Waals surface area (Å²) in [5.74, 6) is 0.977. The highest BCUT2D eigenvalue weighted by molar-refractivity contribution is 6.32. The number of fused-ring (bicyclic) bond motifs is 1. The van der Waals surface area contributed by atoms with Gasteiger partial charge in [-0.05, 0) is 43.2 Å². The second kappa shape index (κ2) is 5.17. The van der Waals surface area contributed by atoms with E-state index in [2.05, 4.69) is 0 Å².